The highest BCUT2D eigenvalue weighted by atomic mass is 32.2. The Hall–Kier alpha value is -0.850. The van der Waals surface area contributed by atoms with Gasteiger partial charge in [0.15, 0.2) is 0 Å². The summed E-state index contributed by atoms with van der Waals surface area (Å²) < 4.78 is 29.4. The average Bonchev–Trinajstić information content (AvgIpc) is 2.80. The van der Waals surface area contributed by atoms with E-state index < -0.39 is 10.0 Å². The van der Waals surface area contributed by atoms with Crippen molar-refractivity contribution in [3.8, 4) is 0 Å². The normalized spacial score (nSPS) is 12.8. The number of hydrogen-bond donors (Lipinski definition) is 1. The Labute approximate surface area is 129 Å². The van der Waals surface area contributed by atoms with E-state index in [0.717, 1.165) is 18.5 Å². The molecule has 21 heavy (non-hydrogen) atoms. The molecule has 1 aromatic rings. The second kappa shape index (κ2) is 7.42. The van der Waals surface area contributed by atoms with Gasteiger partial charge in [0, 0.05) is 38.1 Å². The van der Waals surface area contributed by atoms with Gasteiger partial charge in [-0.1, -0.05) is 27.7 Å². The number of nitrogens with zero attached hydrogens (tertiary/aromatic N) is 2. The van der Waals surface area contributed by atoms with Gasteiger partial charge in [0.1, 0.15) is 4.90 Å². The van der Waals surface area contributed by atoms with E-state index in [-0.39, 0.29) is 12.0 Å². The Balaban J connectivity index is 3.25. The molecule has 0 fully saturated rings. The third kappa shape index (κ3) is 4.08. The lowest BCUT2D eigenvalue weighted by Crippen LogP contribution is -2.41. The first-order valence-electron chi connectivity index (χ1n) is 7.64. The molecule has 0 unspecified atom stereocenters. The van der Waals surface area contributed by atoms with Crippen LogP contribution in [0.1, 0.15) is 46.2 Å². The summed E-state index contributed by atoms with van der Waals surface area (Å²) in [5.41, 5.74) is 6.47. The molecule has 5 nitrogen and oxygen atoms in total. The first-order valence-corrected chi connectivity index (χ1v) is 9.09. The lowest BCUT2D eigenvalue weighted by molar-refractivity contribution is 0.277. The summed E-state index contributed by atoms with van der Waals surface area (Å²) >= 11 is 0. The molecular formula is C15H29N3O2S. The van der Waals surface area contributed by atoms with Crippen molar-refractivity contribution in [1.82, 2.24) is 8.87 Å². The number of sulfonamides is 1. The minimum absolute atomic E-state index is 0.0407. The van der Waals surface area contributed by atoms with Gasteiger partial charge in [0.2, 0.25) is 10.0 Å². The van der Waals surface area contributed by atoms with Gasteiger partial charge in [-0.3, -0.25) is 0 Å². The van der Waals surface area contributed by atoms with E-state index >= 15 is 0 Å². The molecule has 0 aliphatic heterocycles. The van der Waals surface area contributed by atoms with Gasteiger partial charge in [0.05, 0.1) is 0 Å². The average molecular weight is 315 g/mol. The molecule has 0 aliphatic carbocycles. The molecular weight excluding hydrogens is 286 g/mol. The molecule has 122 valence electrons. The molecule has 1 heterocycles. The van der Waals surface area contributed by atoms with Crippen LogP contribution in [0.5, 0.6) is 0 Å². The SMILES string of the molecule is CCC(CC)N(CC(C)C)S(=O)(=O)c1cc(CN)n(C)c1. The molecule has 1 aromatic heterocycles. The quantitative estimate of drug-likeness (QED) is 0.800. The Morgan fingerprint density at radius 2 is 1.86 bits per heavy atom. The second-order valence-electron chi connectivity index (χ2n) is 5.92. The smallest absolute Gasteiger partial charge is 0.244 e. The van der Waals surface area contributed by atoms with Crippen LogP contribution in [-0.2, 0) is 23.6 Å². The fourth-order valence-corrected chi connectivity index (χ4v) is 4.59. The van der Waals surface area contributed by atoms with Gasteiger partial charge in [-0.2, -0.15) is 4.31 Å². The van der Waals surface area contributed by atoms with Gasteiger partial charge in [-0.25, -0.2) is 8.42 Å². The van der Waals surface area contributed by atoms with Crippen LogP contribution in [0, 0.1) is 5.92 Å². The van der Waals surface area contributed by atoms with Crippen molar-refractivity contribution < 1.29 is 8.42 Å². The summed E-state index contributed by atoms with van der Waals surface area (Å²) in [7, 11) is -1.65. The summed E-state index contributed by atoms with van der Waals surface area (Å²) in [6.45, 7) is 9.03. The zero-order valence-corrected chi connectivity index (χ0v) is 14.7. The molecule has 2 N–H and O–H groups in total. The van der Waals surface area contributed by atoms with Crippen molar-refractivity contribution in [3.05, 3.63) is 18.0 Å². The molecule has 0 aromatic carbocycles. The molecule has 0 aliphatic rings. The molecule has 0 saturated heterocycles. The summed E-state index contributed by atoms with van der Waals surface area (Å²) in [4.78, 5) is 0.345. The third-order valence-electron chi connectivity index (χ3n) is 3.79. The van der Waals surface area contributed by atoms with E-state index in [0.29, 0.717) is 18.0 Å². The van der Waals surface area contributed by atoms with E-state index in [1.54, 1.807) is 21.1 Å². The van der Waals surface area contributed by atoms with Crippen molar-refractivity contribution in [2.75, 3.05) is 6.54 Å². The van der Waals surface area contributed by atoms with Crippen molar-refractivity contribution in [3.63, 3.8) is 0 Å². The van der Waals surface area contributed by atoms with Crippen LogP contribution in [0.15, 0.2) is 17.2 Å². The highest BCUT2D eigenvalue weighted by Crippen LogP contribution is 2.24. The molecule has 1 rings (SSSR count). The maximum absolute atomic E-state index is 13.0. The Morgan fingerprint density at radius 3 is 2.24 bits per heavy atom. The zero-order chi connectivity index (χ0) is 16.2. The Morgan fingerprint density at radius 1 is 1.29 bits per heavy atom. The van der Waals surface area contributed by atoms with Crippen molar-refractivity contribution in [2.45, 2.75) is 58.0 Å². The summed E-state index contributed by atoms with van der Waals surface area (Å²) in [5, 5.41) is 0. The van der Waals surface area contributed by atoms with E-state index in [9.17, 15) is 8.42 Å². The number of nitrogens with two attached hydrogens (primary N) is 1. The van der Waals surface area contributed by atoms with Crippen LogP contribution in [0.2, 0.25) is 0 Å². The van der Waals surface area contributed by atoms with Crippen LogP contribution in [0.3, 0.4) is 0 Å². The van der Waals surface area contributed by atoms with E-state index in [4.69, 9.17) is 5.73 Å². The fraction of sp³-hybridized carbons (Fsp3) is 0.733. The van der Waals surface area contributed by atoms with Crippen molar-refractivity contribution >= 4 is 10.0 Å². The number of hydrogen-bond acceptors (Lipinski definition) is 3. The minimum atomic E-state index is -3.47. The monoisotopic (exact) mass is 315 g/mol. The zero-order valence-electron chi connectivity index (χ0n) is 13.8. The lowest BCUT2D eigenvalue weighted by Gasteiger charge is -2.30. The van der Waals surface area contributed by atoms with Gasteiger partial charge in [-0.15, -0.1) is 0 Å². The largest absolute Gasteiger partial charge is 0.352 e. The first kappa shape index (κ1) is 18.2. The highest BCUT2D eigenvalue weighted by molar-refractivity contribution is 7.89. The third-order valence-corrected chi connectivity index (χ3v) is 5.68. The van der Waals surface area contributed by atoms with Crippen molar-refractivity contribution in [2.24, 2.45) is 18.7 Å². The van der Waals surface area contributed by atoms with Crippen LogP contribution in [-0.4, -0.2) is 29.9 Å². The number of aryl methyl sites for hydroxylation is 1. The molecule has 0 spiro atoms. The van der Waals surface area contributed by atoms with E-state index in [1.807, 2.05) is 34.7 Å². The highest BCUT2D eigenvalue weighted by Gasteiger charge is 2.31. The van der Waals surface area contributed by atoms with E-state index in [2.05, 4.69) is 0 Å². The molecule has 0 radical (unpaired) electrons. The van der Waals surface area contributed by atoms with E-state index in [1.165, 1.54) is 0 Å². The lowest BCUT2D eigenvalue weighted by atomic mass is 10.1. The molecule has 0 saturated carbocycles. The summed E-state index contributed by atoms with van der Waals surface area (Å²) in [5.74, 6) is 0.290. The number of rotatable bonds is 8. The second-order valence-corrected chi connectivity index (χ2v) is 7.81. The van der Waals surface area contributed by atoms with Crippen molar-refractivity contribution in [1.29, 1.82) is 0 Å². The van der Waals surface area contributed by atoms with Gasteiger partial charge >= 0.3 is 0 Å². The van der Waals surface area contributed by atoms with Crippen LogP contribution in [0.4, 0.5) is 0 Å². The summed E-state index contributed by atoms with van der Waals surface area (Å²) in [6, 6.07) is 1.73. The molecule has 6 heteroatoms. The fourth-order valence-electron chi connectivity index (χ4n) is 2.56. The Kier molecular flexibility index (Phi) is 6.43. The topological polar surface area (TPSA) is 68.3 Å². The molecule has 0 atom stereocenters. The predicted octanol–water partition coefficient (Wildman–Crippen LogP) is 2.32. The maximum Gasteiger partial charge on any atom is 0.244 e. The van der Waals surface area contributed by atoms with Crippen LogP contribution >= 0.6 is 0 Å². The minimum Gasteiger partial charge on any atom is -0.352 e. The Bertz CT molecular complexity index is 545. The van der Waals surface area contributed by atoms with Gasteiger partial charge in [-0.05, 0) is 24.8 Å². The molecule has 0 amide bonds. The van der Waals surface area contributed by atoms with Crippen LogP contribution in [0.25, 0.3) is 0 Å². The van der Waals surface area contributed by atoms with Gasteiger partial charge < -0.3 is 10.3 Å². The number of aromatic nitrogens is 1. The maximum atomic E-state index is 13.0. The van der Waals surface area contributed by atoms with Crippen LogP contribution < -0.4 is 5.73 Å². The van der Waals surface area contributed by atoms with Gasteiger partial charge in [0.25, 0.3) is 0 Å². The summed E-state index contributed by atoms with van der Waals surface area (Å²) in [6.07, 6.45) is 3.30. The first-order chi connectivity index (χ1) is 9.77. The molecule has 0 bridgehead atoms. The standard InChI is InChI=1S/C15H29N3O2S/c1-6-13(7-2)18(10-12(3)4)21(19,20)15-8-14(9-16)17(5)11-15/h8,11-13H,6-7,9-10,16H2,1-5H3. The predicted molar refractivity (Wildman–Crippen MR) is 86.4 cm³/mol.